The van der Waals surface area contributed by atoms with Gasteiger partial charge in [-0.1, -0.05) is 49.0 Å². The van der Waals surface area contributed by atoms with Crippen molar-refractivity contribution in [2.45, 2.75) is 33.2 Å². The molecule has 0 saturated carbocycles. The highest BCUT2D eigenvalue weighted by Gasteiger charge is 2.16. The lowest BCUT2D eigenvalue weighted by atomic mass is 9.90. The van der Waals surface area contributed by atoms with Crippen LogP contribution in [0.4, 0.5) is 0 Å². The SMILES string of the molecule is C=C(c1ccccc1)c1ccc(C)c(CN2CCCC2)c1C. The van der Waals surface area contributed by atoms with Gasteiger partial charge >= 0.3 is 0 Å². The van der Waals surface area contributed by atoms with E-state index in [1.165, 1.54) is 53.7 Å². The Hall–Kier alpha value is -1.86. The number of nitrogens with zero attached hydrogens (tertiary/aromatic N) is 1. The van der Waals surface area contributed by atoms with Crippen LogP contribution in [-0.2, 0) is 6.54 Å². The zero-order chi connectivity index (χ0) is 15.5. The number of aryl methyl sites for hydroxylation is 1. The summed E-state index contributed by atoms with van der Waals surface area (Å²) in [6.45, 7) is 12.4. The van der Waals surface area contributed by atoms with Crippen LogP contribution in [0.1, 0.15) is 40.7 Å². The van der Waals surface area contributed by atoms with Gasteiger partial charge in [0.25, 0.3) is 0 Å². The van der Waals surface area contributed by atoms with Crippen LogP contribution in [0.15, 0.2) is 49.0 Å². The first-order chi connectivity index (χ1) is 10.7. The number of hydrogen-bond donors (Lipinski definition) is 0. The molecule has 3 rings (SSSR count). The van der Waals surface area contributed by atoms with Crippen molar-refractivity contribution in [3.05, 3.63) is 76.9 Å². The molecule has 2 aromatic carbocycles. The van der Waals surface area contributed by atoms with Crippen LogP contribution in [0.2, 0.25) is 0 Å². The summed E-state index contributed by atoms with van der Waals surface area (Å²) in [6, 6.07) is 15.0. The topological polar surface area (TPSA) is 3.24 Å². The molecular weight excluding hydrogens is 266 g/mol. The smallest absolute Gasteiger partial charge is 0.0239 e. The van der Waals surface area contributed by atoms with Crippen molar-refractivity contribution >= 4 is 5.57 Å². The fraction of sp³-hybridized carbons (Fsp3) is 0.333. The Balaban J connectivity index is 1.94. The Morgan fingerprint density at radius 1 is 1.00 bits per heavy atom. The van der Waals surface area contributed by atoms with Crippen molar-refractivity contribution in [1.82, 2.24) is 4.90 Å². The maximum atomic E-state index is 4.35. The predicted molar refractivity (Wildman–Crippen MR) is 95.0 cm³/mol. The first kappa shape index (κ1) is 15.1. The van der Waals surface area contributed by atoms with Crippen LogP contribution in [-0.4, -0.2) is 18.0 Å². The molecule has 22 heavy (non-hydrogen) atoms. The normalized spacial score (nSPS) is 15.2. The second kappa shape index (κ2) is 6.50. The molecule has 1 heteroatoms. The van der Waals surface area contributed by atoms with Crippen molar-refractivity contribution in [3.8, 4) is 0 Å². The zero-order valence-electron chi connectivity index (χ0n) is 13.7. The van der Waals surface area contributed by atoms with Crippen molar-refractivity contribution in [3.63, 3.8) is 0 Å². The van der Waals surface area contributed by atoms with E-state index in [0.29, 0.717) is 0 Å². The molecule has 1 fully saturated rings. The van der Waals surface area contributed by atoms with Gasteiger partial charge in [0.05, 0.1) is 0 Å². The second-order valence-corrected chi connectivity index (χ2v) is 6.36. The van der Waals surface area contributed by atoms with E-state index < -0.39 is 0 Å². The predicted octanol–water partition coefficient (Wildman–Crippen LogP) is 4.96. The Kier molecular flexibility index (Phi) is 4.44. The van der Waals surface area contributed by atoms with Gasteiger partial charge in [0.1, 0.15) is 0 Å². The number of hydrogen-bond acceptors (Lipinski definition) is 1. The molecule has 0 N–H and O–H groups in total. The molecule has 0 aromatic heterocycles. The number of benzene rings is 2. The standard InChI is InChI=1S/C21H25N/c1-16-11-12-20(17(2)19-9-5-4-6-10-19)18(3)21(16)15-22-13-7-8-14-22/h4-6,9-12H,2,7-8,13-15H2,1,3H3. The van der Waals surface area contributed by atoms with Crippen LogP contribution >= 0.6 is 0 Å². The second-order valence-electron chi connectivity index (χ2n) is 6.36. The molecule has 1 aliphatic rings. The summed E-state index contributed by atoms with van der Waals surface area (Å²) < 4.78 is 0. The van der Waals surface area contributed by atoms with Crippen molar-refractivity contribution < 1.29 is 0 Å². The molecule has 1 nitrogen and oxygen atoms in total. The average molecular weight is 291 g/mol. The molecule has 0 radical (unpaired) electrons. The van der Waals surface area contributed by atoms with Gasteiger partial charge in [-0.2, -0.15) is 0 Å². The van der Waals surface area contributed by atoms with Gasteiger partial charge in [-0.25, -0.2) is 0 Å². The lowest BCUT2D eigenvalue weighted by Gasteiger charge is -2.21. The van der Waals surface area contributed by atoms with E-state index in [1.807, 2.05) is 0 Å². The maximum Gasteiger partial charge on any atom is 0.0239 e. The third kappa shape index (κ3) is 3.00. The Bertz CT molecular complexity index is 664. The Labute approximate surface area is 134 Å². The molecule has 1 heterocycles. The largest absolute Gasteiger partial charge is 0.299 e. The Morgan fingerprint density at radius 2 is 1.68 bits per heavy atom. The minimum Gasteiger partial charge on any atom is -0.299 e. The number of likely N-dealkylation sites (tertiary alicyclic amines) is 1. The minimum atomic E-state index is 1.08. The van der Waals surface area contributed by atoms with Gasteiger partial charge in [-0.15, -0.1) is 0 Å². The maximum absolute atomic E-state index is 4.35. The van der Waals surface area contributed by atoms with Gasteiger partial charge < -0.3 is 0 Å². The Morgan fingerprint density at radius 3 is 2.36 bits per heavy atom. The van der Waals surface area contributed by atoms with Crippen LogP contribution in [0.25, 0.3) is 5.57 Å². The van der Waals surface area contributed by atoms with Gasteiger partial charge in [0, 0.05) is 6.54 Å². The highest BCUT2D eigenvalue weighted by molar-refractivity contribution is 5.80. The van der Waals surface area contributed by atoms with E-state index in [2.05, 4.69) is 67.8 Å². The fourth-order valence-electron chi connectivity index (χ4n) is 3.42. The van der Waals surface area contributed by atoms with E-state index in [-0.39, 0.29) is 0 Å². The summed E-state index contributed by atoms with van der Waals surface area (Å²) >= 11 is 0. The summed E-state index contributed by atoms with van der Waals surface area (Å²) in [7, 11) is 0. The van der Waals surface area contributed by atoms with Gasteiger partial charge in [0.15, 0.2) is 0 Å². The third-order valence-electron chi connectivity index (χ3n) is 4.86. The molecule has 114 valence electrons. The van der Waals surface area contributed by atoms with Crippen molar-refractivity contribution in [2.24, 2.45) is 0 Å². The molecule has 0 aliphatic carbocycles. The fourth-order valence-corrected chi connectivity index (χ4v) is 3.42. The number of rotatable bonds is 4. The molecule has 2 aromatic rings. The molecular formula is C21H25N. The van der Waals surface area contributed by atoms with Crippen LogP contribution in [0, 0.1) is 13.8 Å². The van der Waals surface area contributed by atoms with Crippen LogP contribution in [0.3, 0.4) is 0 Å². The molecule has 0 atom stereocenters. The molecule has 0 spiro atoms. The first-order valence-electron chi connectivity index (χ1n) is 8.23. The molecule has 0 unspecified atom stereocenters. The lowest BCUT2D eigenvalue weighted by molar-refractivity contribution is 0.330. The monoisotopic (exact) mass is 291 g/mol. The average Bonchev–Trinajstić information content (AvgIpc) is 3.05. The van der Waals surface area contributed by atoms with Gasteiger partial charge in [-0.3, -0.25) is 4.90 Å². The van der Waals surface area contributed by atoms with E-state index in [0.717, 1.165) is 12.1 Å². The molecule has 1 aliphatic heterocycles. The van der Waals surface area contributed by atoms with Crippen molar-refractivity contribution in [2.75, 3.05) is 13.1 Å². The van der Waals surface area contributed by atoms with Gasteiger partial charge in [-0.05, 0) is 73.2 Å². The van der Waals surface area contributed by atoms with Crippen LogP contribution in [0.5, 0.6) is 0 Å². The first-order valence-corrected chi connectivity index (χ1v) is 8.23. The summed E-state index contributed by atoms with van der Waals surface area (Å²) in [6.07, 6.45) is 2.68. The zero-order valence-corrected chi connectivity index (χ0v) is 13.7. The summed E-state index contributed by atoms with van der Waals surface area (Å²) in [5, 5.41) is 0. The third-order valence-corrected chi connectivity index (χ3v) is 4.86. The van der Waals surface area contributed by atoms with E-state index in [1.54, 1.807) is 0 Å². The summed E-state index contributed by atoms with van der Waals surface area (Å²) in [5.41, 5.74) is 7.89. The van der Waals surface area contributed by atoms with Crippen molar-refractivity contribution in [1.29, 1.82) is 0 Å². The molecule has 0 amide bonds. The molecule has 1 saturated heterocycles. The van der Waals surface area contributed by atoms with Gasteiger partial charge in [0.2, 0.25) is 0 Å². The van der Waals surface area contributed by atoms with E-state index >= 15 is 0 Å². The van der Waals surface area contributed by atoms with Crippen LogP contribution < -0.4 is 0 Å². The highest BCUT2D eigenvalue weighted by Crippen LogP contribution is 2.29. The summed E-state index contributed by atoms with van der Waals surface area (Å²) in [4.78, 5) is 2.57. The highest BCUT2D eigenvalue weighted by atomic mass is 15.1. The van der Waals surface area contributed by atoms with E-state index in [4.69, 9.17) is 0 Å². The summed E-state index contributed by atoms with van der Waals surface area (Å²) in [5.74, 6) is 0. The molecule has 0 bridgehead atoms. The quantitative estimate of drug-likeness (QED) is 0.769. The lowest BCUT2D eigenvalue weighted by Crippen LogP contribution is -2.20. The van der Waals surface area contributed by atoms with E-state index in [9.17, 15) is 0 Å². The minimum absolute atomic E-state index is 1.08.